The second-order valence-electron chi connectivity index (χ2n) is 20.1. The Hall–Kier alpha value is -1.76. The summed E-state index contributed by atoms with van der Waals surface area (Å²) in [6, 6.07) is 0. The molecule has 0 unspecified atom stereocenters. The van der Waals surface area contributed by atoms with E-state index in [-0.39, 0.29) is 30.3 Å². The zero-order chi connectivity index (χ0) is 41.1. The Bertz CT molecular complexity index is 1570. The SMILES string of the molecule is CC1(C)CC[C@]2(C(=O)O[C@@H]3O[C@H](CO)[C@@H](O)[C@H](O)[C@H]3O)[C@H](O)C[C@]3(C)C(=CC[C@H]4[C@@]5(C)CC[C@H](O[C@@H]6OC[C@@H](O)[C@H](O)[C@H]6O)[C@@](C)(C(=O)O)[C@H]5CC[C@]43C)[C@@H]2C1. The number of ether oxygens (including phenoxy) is 4. The third-order valence-corrected chi connectivity index (χ3v) is 17.0. The lowest BCUT2D eigenvalue weighted by Crippen LogP contribution is -2.69. The van der Waals surface area contributed by atoms with Gasteiger partial charge in [-0.2, -0.15) is 0 Å². The van der Waals surface area contributed by atoms with Crippen molar-refractivity contribution in [2.75, 3.05) is 13.2 Å². The number of hydrogen-bond acceptors (Lipinski definition) is 14. The molecule has 0 aromatic rings. The molecule has 2 heterocycles. The number of aliphatic hydroxyl groups is 8. The first-order valence-electron chi connectivity index (χ1n) is 20.5. The minimum Gasteiger partial charge on any atom is -0.481 e. The van der Waals surface area contributed by atoms with Crippen LogP contribution in [0.1, 0.15) is 99.3 Å². The van der Waals surface area contributed by atoms with Crippen molar-refractivity contribution in [1.82, 2.24) is 0 Å². The molecule has 0 spiro atoms. The average Bonchev–Trinajstić information content (AvgIpc) is 3.13. The second kappa shape index (κ2) is 14.2. The quantitative estimate of drug-likeness (QED) is 0.103. The van der Waals surface area contributed by atoms with Crippen LogP contribution in [0, 0.1) is 50.2 Å². The Labute approximate surface area is 328 Å². The van der Waals surface area contributed by atoms with Gasteiger partial charge in [-0.05, 0) is 104 Å². The fourth-order valence-electron chi connectivity index (χ4n) is 13.3. The molecule has 0 radical (unpaired) electrons. The van der Waals surface area contributed by atoms with Crippen molar-refractivity contribution in [1.29, 1.82) is 0 Å². The summed E-state index contributed by atoms with van der Waals surface area (Å²) in [6.45, 7) is 11.7. The normalized spacial score (nSPS) is 54.0. The van der Waals surface area contributed by atoms with Gasteiger partial charge in [-0.1, -0.05) is 46.3 Å². The fraction of sp³-hybridized carbons (Fsp3) is 0.902. The molecule has 0 aromatic heterocycles. The maximum atomic E-state index is 14.6. The van der Waals surface area contributed by atoms with Gasteiger partial charge >= 0.3 is 11.9 Å². The summed E-state index contributed by atoms with van der Waals surface area (Å²) < 4.78 is 23.2. The highest BCUT2D eigenvalue weighted by Crippen LogP contribution is 2.76. The van der Waals surface area contributed by atoms with Gasteiger partial charge < -0.3 is 64.9 Å². The van der Waals surface area contributed by atoms with E-state index in [1.165, 1.54) is 0 Å². The third kappa shape index (κ3) is 5.92. The maximum absolute atomic E-state index is 14.6. The van der Waals surface area contributed by atoms with E-state index in [0.717, 1.165) is 5.57 Å². The van der Waals surface area contributed by atoms with Crippen molar-refractivity contribution >= 4 is 11.9 Å². The van der Waals surface area contributed by atoms with Crippen LogP contribution in [0.25, 0.3) is 0 Å². The maximum Gasteiger partial charge on any atom is 0.317 e. The average molecular weight is 797 g/mol. The number of aliphatic carboxylic acids is 1. The topological polar surface area (TPSA) is 253 Å². The third-order valence-electron chi connectivity index (χ3n) is 17.0. The molecule has 9 N–H and O–H groups in total. The summed E-state index contributed by atoms with van der Waals surface area (Å²) >= 11 is 0. The summed E-state index contributed by atoms with van der Waals surface area (Å²) in [5.74, 6) is -2.57. The largest absolute Gasteiger partial charge is 0.481 e. The predicted molar refractivity (Wildman–Crippen MR) is 195 cm³/mol. The first-order valence-corrected chi connectivity index (χ1v) is 20.5. The number of aliphatic hydroxyl groups excluding tert-OH is 8. The van der Waals surface area contributed by atoms with Gasteiger partial charge in [0, 0.05) is 0 Å². The zero-order valence-corrected chi connectivity index (χ0v) is 33.4. The monoisotopic (exact) mass is 796 g/mol. The van der Waals surface area contributed by atoms with Crippen LogP contribution in [0.3, 0.4) is 0 Å². The number of allylic oxidation sites excluding steroid dienone is 2. The first-order chi connectivity index (χ1) is 26.0. The van der Waals surface area contributed by atoms with Crippen molar-refractivity contribution in [3.8, 4) is 0 Å². The van der Waals surface area contributed by atoms with Crippen molar-refractivity contribution < 1.29 is 74.5 Å². The molecule has 56 heavy (non-hydrogen) atoms. The fourth-order valence-corrected chi connectivity index (χ4v) is 13.3. The molecule has 5 aliphatic carbocycles. The van der Waals surface area contributed by atoms with Gasteiger partial charge in [-0.25, -0.2) is 0 Å². The second-order valence-corrected chi connectivity index (χ2v) is 20.1. The number of carbonyl (C=O) groups is 2. The lowest BCUT2D eigenvalue weighted by atomic mass is 9.33. The minimum atomic E-state index is -1.78. The van der Waals surface area contributed by atoms with Crippen molar-refractivity contribution in [3.05, 3.63) is 11.6 Å². The van der Waals surface area contributed by atoms with Crippen LogP contribution in [0.2, 0.25) is 0 Å². The summed E-state index contributed by atoms with van der Waals surface area (Å²) in [5, 5.41) is 95.7. The molecule has 15 nitrogen and oxygen atoms in total. The minimum absolute atomic E-state index is 0.00650. The van der Waals surface area contributed by atoms with Crippen LogP contribution in [-0.2, 0) is 28.5 Å². The number of esters is 1. The van der Waals surface area contributed by atoms with Crippen LogP contribution >= 0.6 is 0 Å². The van der Waals surface area contributed by atoms with Crippen LogP contribution in [-0.4, -0.2) is 139 Å². The first kappa shape index (κ1) is 42.4. The van der Waals surface area contributed by atoms with Gasteiger partial charge in [0.15, 0.2) is 6.29 Å². The number of fused-ring (bicyclic) bond motifs is 7. The number of carboxylic acid groups (broad SMARTS) is 1. The van der Waals surface area contributed by atoms with Crippen LogP contribution in [0.5, 0.6) is 0 Å². The van der Waals surface area contributed by atoms with Gasteiger partial charge in [-0.15, -0.1) is 0 Å². The summed E-state index contributed by atoms with van der Waals surface area (Å²) in [5.41, 5.74) is -3.40. The lowest BCUT2D eigenvalue weighted by Gasteiger charge is -2.71. The molecule has 15 heteroatoms. The smallest absolute Gasteiger partial charge is 0.317 e. The van der Waals surface area contributed by atoms with E-state index in [0.29, 0.717) is 51.4 Å². The molecule has 2 saturated heterocycles. The number of rotatable bonds is 6. The van der Waals surface area contributed by atoms with Gasteiger partial charge in [-0.3, -0.25) is 9.59 Å². The highest BCUT2D eigenvalue weighted by Gasteiger charge is 2.73. The Morgan fingerprint density at radius 3 is 2.14 bits per heavy atom. The van der Waals surface area contributed by atoms with E-state index in [1.807, 2.05) is 0 Å². The number of hydrogen-bond donors (Lipinski definition) is 9. The predicted octanol–water partition coefficient (Wildman–Crippen LogP) is 0.991. The Morgan fingerprint density at radius 1 is 0.804 bits per heavy atom. The van der Waals surface area contributed by atoms with E-state index < -0.39 is 119 Å². The van der Waals surface area contributed by atoms with Gasteiger partial charge in [0.05, 0.1) is 30.8 Å². The molecule has 0 bridgehead atoms. The highest BCUT2D eigenvalue weighted by molar-refractivity contribution is 5.80. The summed E-state index contributed by atoms with van der Waals surface area (Å²) in [4.78, 5) is 28.0. The number of carboxylic acids is 1. The van der Waals surface area contributed by atoms with E-state index in [4.69, 9.17) is 18.9 Å². The van der Waals surface area contributed by atoms with E-state index in [9.17, 15) is 55.5 Å². The molecule has 0 amide bonds. The van der Waals surface area contributed by atoms with E-state index in [1.54, 1.807) is 6.92 Å². The lowest BCUT2D eigenvalue weighted by molar-refractivity contribution is -0.308. The Morgan fingerprint density at radius 2 is 1.48 bits per heavy atom. The molecule has 318 valence electrons. The standard InChI is InChI=1S/C41H64O15/c1-36(2)13-14-41(35(52)56-33-31(49)29(47)28(46)22(17-42)54-33)20(15-36)19-7-8-23-37(3)11-10-26(55-32-30(48)27(45)21(43)18-53-32)40(6,34(50)51)24(37)9-12-38(23,4)39(19,5)16-25(41)44/h7,20-33,42-49H,8-18H2,1-6H3,(H,50,51)/t20-,21+,22+,23-,24-,25+,26-,27-,28+,29-,30+,31+,32-,33-,37+,38+,39+,40-,41+/m0/s1. The number of carbonyl (C=O) groups excluding carboxylic acids is 1. The molecule has 2 aliphatic heterocycles. The Kier molecular flexibility index (Phi) is 10.7. The van der Waals surface area contributed by atoms with E-state index >= 15 is 0 Å². The van der Waals surface area contributed by atoms with Gasteiger partial charge in [0.2, 0.25) is 6.29 Å². The highest BCUT2D eigenvalue weighted by atomic mass is 16.7. The van der Waals surface area contributed by atoms with Crippen LogP contribution in [0.4, 0.5) is 0 Å². The molecule has 7 rings (SSSR count). The zero-order valence-electron chi connectivity index (χ0n) is 33.4. The molecule has 19 atom stereocenters. The summed E-state index contributed by atoms with van der Waals surface area (Å²) in [7, 11) is 0. The molecule has 0 aromatic carbocycles. The van der Waals surface area contributed by atoms with Crippen LogP contribution in [0.15, 0.2) is 11.6 Å². The Balaban J connectivity index is 1.21. The molecular formula is C41H64O15. The molecular weight excluding hydrogens is 732 g/mol. The molecule has 7 aliphatic rings. The van der Waals surface area contributed by atoms with Crippen molar-refractivity contribution in [2.45, 2.75) is 167 Å². The van der Waals surface area contributed by atoms with Crippen LogP contribution < -0.4 is 0 Å². The van der Waals surface area contributed by atoms with Crippen molar-refractivity contribution in [2.24, 2.45) is 50.2 Å². The summed E-state index contributed by atoms with van der Waals surface area (Å²) in [6.07, 6.45) is -8.96. The molecule has 6 fully saturated rings. The van der Waals surface area contributed by atoms with Crippen molar-refractivity contribution in [3.63, 3.8) is 0 Å². The van der Waals surface area contributed by atoms with Gasteiger partial charge in [0.1, 0.15) is 48.1 Å². The van der Waals surface area contributed by atoms with E-state index in [2.05, 4.69) is 40.7 Å². The van der Waals surface area contributed by atoms with Gasteiger partial charge in [0.25, 0.3) is 0 Å². The molecule has 4 saturated carbocycles.